The first-order valence-corrected chi connectivity index (χ1v) is 13.6. The fourth-order valence-electron chi connectivity index (χ4n) is 5.32. The quantitative estimate of drug-likeness (QED) is 0.595. The van der Waals surface area contributed by atoms with Gasteiger partial charge in [-0.05, 0) is 67.7 Å². The highest BCUT2D eigenvalue weighted by Crippen LogP contribution is 2.45. The van der Waals surface area contributed by atoms with E-state index in [0.29, 0.717) is 43.1 Å². The molecule has 0 unspecified atom stereocenters. The van der Waals surface area contributed by atoms with Gasteiger partial charge in [0, 0.05) is 12.2 Å². The number of carbonyl (C=O) groups excluding carboxylic acids is 3. The van der Waals surface area contributed by atoms with Crippen LogP contribution in [0.25, 0.3) is 0 Å². The van der Waals surface area contributed by atoms with Gasteiger partial charge >= 0.3 is 6.03 Å². The number of benzene rings is 1. The molecule has 2 N–H and O–H groups in total. The number of hydrogen-bond donors (Lipinski definition) is 2. The van der Waals surface area contributed by atoms with Gasteiger partial charge < -0.3 is 10.6 Å². The second-order valence-corrected chi connectivity index (χ2v) is 12.4. The SMILES string of the molecule is CCC(C)(C)C1CCC2(CC1)NC(=O)N(CC(=O)Nc1ccc(N3CCCS3(=O)=O)cc1)C2=O. The maximum absolute atomic E-state index is 13.2. The first-order chi connectivity index (χ1) is 16.0. The molecular weight excluding hydrogens is 456 g/mol. The Kier molecular flexibility index (Phi) is 6.39. The first kappa shape index (κ1) is 24.5. The number of amides is 4. The standard InChI is InChI=1S/C24H34N4O5S/c1-4-23(2,3)17-10-12-24(13-11-17)21(30)27(22(31)26-24)16-20(29)25-18-6-8-19(9-7-18)28-14-5-15-34(28,32)33/h6-9,17H,4-5,10-16H2,1-3H3,(H,25,29)(H,26,31). The lowest BCUT2D eigenvalue weighted by atomic mass is 9.65. The second kappa shape index (κ2) is 8.87. The van der Waals surface area contributed by atoms with E-state index < -0.39 is 27.5 Å². The molecular formula is C24H34N4O5S. The fourth-order valence-corrected chi connectivity index (χ4v) is 6.89. The van der Waals surface area contributed by atoms with Gasteiger partial charge in [-0.2, -0.15) is 0 Å². The highest BCUT2D eigenvalue weighted by molar-refractivity contribution is 7.93. The Balaban J connectivity index is 1.35. The average Bonchev–Trinajstić information content (AvgIpc) is 3.26. The van der Waals surface area contributed by atoms with Crippen molar-refractivity contribution in [2.75, 3.05) is 28.5 Å². The van der Waals surface area contributed by atoms with E-state index in [9.17, 15) is 22.8 Å². The summed E-state index contributed by atoms with van der Waals surface area (Å²) in [5.41, 5.74) is 0.310. The Bertz CT molecular complexity index is 1080. The minimum absolute atomic E-state index is 0.135. The van der Waals surface area contributed by atoms with Crippen LogP contribution in [0.2, 0.25) is 0 Å². The zero-order valence-electron chi connectivity index (χ0n) is 20.1. The Morgan fingerprint density at radius 2 is 1.82 bits per heavy atom. The van der Waals surface area contributed by atoms with E-state index in [-0.39, 0.29) is 23.6 Å². The van der Waals surface area contributed by atoms with Crippen molar-refractivity contribution < 1.29 is 22.8 Å². The summed E-state index contributed by atoms with van der Waals surface area (Å²) in [6, 6.07) is 5.98. The molecule has 4 rings (SSSR count). The van der Waals surface area contributed by atoms with Crippen molar-refractivity contribution >= 4 is 39.2 Å². The summed E-state index contributed by atoms with van der Waals surface area (Å²) < 4.78 is 25.5. The van der Waals surface area contributed by atoms with E-state index in [1.807, 2.05) is 0 Å². The zero-order valence-corrected chi connectivity index (χ0v) is 20.9. The molecule has 1 aromatic carbocycles. The lowest BCUT2D eigenvalue weighted by Gasteiger charge is -2.42. The molecule has 3 fully saturated rings. The smallest absolute Gasteiger partial charge is 0.325 e. The summed E-state index contributed by atoms with van der Waals surface area (Å²) in [4.78, 5) is 39.4. The number of urea groups is 1. The second-order valence-electron chi connectivity index (χ2n) is 10.4. The normalized spacial score (nSPS) is 26.7. The van der Waals surface area contributed by atoms with Crippen LogP contribution in [-0.4, -0.2) is 55.5 Å². The van der Waals surface area contributed by atoms with Crippen LogP contribution < -0.4 is 14.9 Å². The lowest BCUT2D eigenvalue weighted by molar-refractivity contribution is -0.135. The summed E-state index contributed by atoms with van der Waals surface area (Å²) in [5, 5.41) is 5.56. The Morgan fingerprint density at radius 3 is 2.38 bits per heavy atom. The Labute approximate surface area is 201 Å². The van der Waals surface area contributed by atoms with Crippen LogP contribution in [0.3, 0.4) is 0 Å². The van der Waals surface area contributed by atoms with Gasteiger partial charge in [0.2, 0.25) is 15.9 Å². The molecule has 34 heavy (non-hydrogen) atoms. The number of anilines is 2. The molecule has 10 heteroatoms. The molecule has 1 spiro atoms. The first-order valence-electron chi connectivity index (χ1n) is 12.0. The topological polar surface area (TPSA) is 116 Å². The summed E-state index contributed by atoms with van der Waals surface area (Å²) in [7, 11) is -3.27. The van der Waals surface area contributed by atoms with Gasteiger partial charge in [-0.3, -0.25) is 18.8 Å². The maximum Gasteiger partial charge on any atom is 0.325 e. The molecule has 0 atom stereocenters. The molecule has 0 aromatic heterocycles. The van der Waals surface area contributed by atoms with Crippen molar-refractivity contribution in [3.63, 3.8) is 0 Å². The number of nitrogens with one attached hydrogen (secondary N) is 2. The van der Waals surface area contributed by atoms with E-state index in [2.05, 4.69) is 31.4 Å². The Morgan fingerprint density at radius 1 is 1.18 bits per heavy atom. The number of nitrogens with zero attached hydrogens (tertiary/aromatic N) is 2. The van der Waals surface area contributed by atoms with Crippen molar-refractivity contribution in [3.8, 4) is 0 Å². The molecule has 2 aliphatic heterocycles. The molecule has 4 amide bonds. The molecule has 1 aliphatic carbocycles. The van der Waals surface area contributed by atoms with Gasteiger partial charge in [-0.1, -0.05) is 27.2 Å². The third-order valence-corrected chi connectivity index (χ3v) is 9.81. The van der Waals surface area contributed by atoms with Gasteiger partial charge in [-0.15, -0.1) is 0 Å². The number of hydrogen-bond acceptors (Lipinski definition) is 5. The van der Waals surface area contributed by atoms with E-state index >= 15 is 0 Å². The van der Waals surface area contributed by atoms with Crippen LogP contribution in [0.15, 0.2) is 24.3 Å². The number of carbonyl (C=O) groups is 3. The molecule has 1 aromatic rings. The van der Waals surface area contributed by atoms with Gasteiger partial charge in [0.1, 0.15) is 12.1 Å². The van der Waals surface area contributed by atoms with E-state index in [1.54, 1.807) is 24.3 Å². The molecule has 1 saturated carbocycles. The van der Waals surface area contributed by atoms with Gasteiger partial charge in [0.25, 0.3) is 5.91 Å². The summed E-state index contributed by atoms with van der Waals surface area (Å²) >= 11 is 0. The number of sulfonamides is 1. The third-order valence-electron chi connectivity index (χ3n) is 7.94. The minimum Gasteiger partial charge on any atom is -0.325 e. The van der Waals surface area contributed by atoms with Gasteiger partial charge in [-0.25, -0.2) is 13.2 Å². The van der Waals surface area contributed by atoms with Gasteiger partial charge in [0.05, 0.1) is 11.4 Å². The molecule has 2 saturated heterocycles. The van der Waals surface area contributed by atoms with Crippen molar-refractivity contribution in [1.29, 1.82) is 0 Å². The molecule has 9 nitrogen and oxygen atoms in total. The van der Waals surface area contributed by atoms with E-state index in [4.69, 9.17) is 0 Å². The average molecular weight is 491 g/mol. The Hall–Kier alpha value is -2.62. The molecule has 0 radical (unpaired) electrons. The molecule has 3 aliphatic rings. The van der Waals surface area contributed by atoms with Crippen molar-refractivity contribution in [2.45, 2.75) is 64.8 Å². The number of imide groups is 1. The van der Waals surface area contributed by atoms with Crippen LogP contribution in [0.4, 0.5) is 16.2 Å². The van der Waals surface area contributed by atoms with Crippen LogP contribution in [-0.2, 0) is 19.6 Å². The monoisotopic (exact) mass is 490 g/mol. The highest BCUT2D eigenvalue weighted by Gasteiger charge is 2.53. The highest BCUT2D eigenvalue weighted by atomic mass is 32.2. The summed E-state index contributed by atoms with van der Waals surface area (Å²) in [6.45, 7) is 6.75. The molecule has 186 valence electrons. The molecule has 0 bridgehead atoms. The zero-order chi connectivity index (χ0) is 24.7. The van der Waals surface area contributed by atoms with Crippen LogP contribution >= 0.6 is 0 Å². The molecule has 2 heterocycles. The van der Waals surface area contributed by atoms with Crippen LogP contribution in [0, 0.1) is 11.3 Å². The fraction of sp³-hybridized carbons (Fsp3) is 0.625. The van der Waals surface area contributed by atoms with Crippen LogP contribution in [0.5, 0.6) is 0 Å². The van der Waals surface area contributed by atoms with E-state index in [0.717, 1.165) is 24.2 Å². The predicted octanol–water partition coefficient (Wildman–Crippen LogP) is 3.08. The van der Waals surface area contributed by atoms with Crippen LogP contribution in [0.1, 0.15) is 59.3 Å². The number of rotatable bonds is 6. The predicted molar refractivity (Wildman–Crippen MR) is 130 cm³/mol. The van der Waals surface area contributed by atoms with Crippen molar-refractivity contribution in [1.82, 2.24) is 10.2 Å². The lowest BCUT2D eigenvalue weighted by Crippen LogP contribution is -2.51. The van der Waals surface area contributed by atoms with Crippen molar-refractivity contribution in [2.24, 2.45) is 11.3 Å². The van der Waals surface area contributed by atoms with Gasteiger partial charge in [0.15, 0.2) is 0 Å². The maximum atomic E-state index is 13.2. The summed E-state index contributed by atoms with van der Waals surface area (Å²) in [6.07, 6.45) is 4.56. The minimum atomic E-state index is -3.27. The largest absolute Gasteiger partial charge is 0.325 e. The van der Waals surface area contributed by atoms with E-state index in [1.165, 1.54) is 4.31 Å². The van der Waals surface area contributed by atoms with Crippen molar-refractivity contribution in [3.05, 3.63) is 24.3 Å². The summed E-state index contributed by atoms with van der Waals surface area (Å²) in [5.74, 6) is -0.169. The third kappa shape index (κ3) is 4.52.